The molecule has 0 aliphatic carbocycles. The highest BCUT2D eigenvalue weighted by Gasteiger charge is 2.21. The predicted octanol–water partition coefficient (Wildman–Crippen LogP) is 3.00. The molecule has 25 heavy (non-hydrogen) atoms. The van der Waals surface area contributed by atoms with Gasteiger partial charge in [0.1, 0.15) is 0 Å². The Morgan fingerprint density at radius 3 is 2.36 bits per heavy atom. The lowest BCUT2D eigenvalue weighted by Gasteiger charge is -2.20. The first kappa shape index (κ1) is 22.2. The van der Waals surface area contributed by atoms with Gasteiger partial charge in [-0.3, -0.25) is 0 Å². The van der Waals surface area contributed by atoms with Gasteiger partial charge in [-0.05, 0) is 55.3 Å². The van der Waals surface area contributed by atoms with Crippen molar-refractivity contribution in [3.8, 4) is 0 Å². The van der Waals surface area contributed by atoms with Crippen molar-refractivity contribution in [1.29, 1.82) is 0 Å². The number of hydrogen-bond acceptors (Lipinski definition) is 4. The largest absolute Gasteiger partial charge is 0.363 e. The van der Waals surface area contributed by atoms with Crippen LogP contribution in [-0.4, -0.2) is 49.5 Å². The Balaban J connectivity index is 2.68. The lowest BCUT2D eigenvalue weighted by Crippen LogP contribution is -2.37. The quantitative estimate of drug-likeness (QED) is 0.463. The van der Waals surface area contributed by atoms with E-state index in [1.54, 1.807) is 12.1 Å². The Kier molecular flexibility index (Phi) is 9.78. The average molecular weight is 404 g/mol. The number of nitrogens with one attached hydrogen (secondary N) is 2. The maximum Gasteiger partial charge on any atom is 0.243 e. The second-order valence-electron chi connectivity index (χ2n) is 5.63. The smallest absolute Gasteiger partial charge is 0.243 e. The molecule has 0 spiro atoms. The highest BCUT2D eigenvalue weighted by Crippen LogP contribution is 2.19. The molecule has 0 aromatic heterocycles. The zero-order chi connectivity index (χ0) is 18.9. The summed E-state index contributed by atoms with van der Waals surface area (Å²) >= 11 is 7.12. The van der Waals surface area contributed by atoms with Crippen LogP contribution in [0.3, 0.4) is 0 Å². The number of sulfonamides is 1. The number of benzene rings is 1. The monoisotopic (exact) mass is 403 g/mol. The van der Waals surface area contributed by atoms with Crippen LogP contribution in [0.25, 0.3) is 0 Å². The maximum absolute atomic E-state index is 12.5. The summed E-state index contributed by atoms with van der Waals surface area (Å²) in [7, 11) is -3.41. The molecule has 142 valence electrons. The summed E-state index contributed by atoms with van der Waals surface area (Å²) in [6, 6.07) is 7.01. The standard InChI is InChI=1S/C17H29N3O2S3/c1-5-20(6-2)25(21,22)16-10-8-15(9-11-16)14(3)19-17(23)18-12-7-13-24-4/h8-11,14H,5-7,12-13H2,1-4H3,(H2,18,19,23)/t14-/m0/s1. The molecule has 1 aromatic rings. The molecule has 1 aromatic carbocycles. The highest BCUT2D eigenvalue weighted by molar-refractivity contribution is 7.98. The second-order valence-corrected chi connectivity index (χ2v) is 8.96. The van der Waals surface area contributed by atoms with Gasteiger partial charge in [-0.15, -0.1) is 0 Å². The first-order valence-corrected chi connectivity index (χ1v) is 11.7. The lowest BCUT2D eigenvalue weighted by atomic mass is 10.1. The van der Waals surface area contributed by atoms with Crippen molar-refractivity contribution in [2.45, 2.75) is 38.1 Å². The second kappa shape index (κ2) is 11.0. The van der Waals surface area contributed by atoms with Gasteiger partial charge in [-0.1, -0.05) is 26.0 Å². The molecule has 5 nitrogen and oxygen atoms in total. The molecule has 0 amide bonds. The van der Waals surface area contributed by atoms with Crippen LogP contribution in [0.4, 0.5) is 0 Å². The van der Waals surface area contributed by atoms with Gasteiger partial charge in [0.2, 0.25) is 10.0 Å². The summed E-state index contributed by atoms with van der Waals surface area (Å²) in [6.07, 6.45) is 3.15. The Labute approximate surface area is 162 Å². The van der Waals surface area contributed by atoms with E-state index >= 15 is 0 Å². The number of thioether (sulfide) groups is 1. The van der Waals surface area contributed by atoms with E-state index in [9.17, 15) is 8.42 Å². The summed E-state index contributed by atoms with van der Waals surface area (Å²) in [5, 5.41) is 7.04. The highest BCUT2D eigenvalue weighted by atomic mass is 32.2. The Hall–Kier alpha value is -0.830. The molecule has 0 heterocycles. The molecule has 0 unspecified atom stereocenters. The number of thiocarbonyl (C=S) groups is 1. The third-order valence-corrected chi connectivity index (χ3v) is 6.90. The van der Waals surface area contributed by atoms with Crippen molar-refractivity contribution in [2.75, 3.05) is 31.6 Å². The molecule has 2 N–H and O–H groups in total. The lowest BCUT2D eigenvalue weighted by molar-refractivity contribution is 0.445. The fraction of sp³-hybridized carbons (Fsp3) is 0.588. The molecule has 0 radical (unpaired) electrons. The van der Waals surface area contributed by atoms with E-state index in [4.69, 9.17) is 12.2 Å². The maximum atomic E-state index is 12.5. The van der Waals surface area contributed by atoms with Gasteiger partial charge in [0.05, 0.1) is 10.9 Å². The Bertz CT molecular complexity index is 629. The van der Waals surface area contributed by atoms with Crippen molar-refractivity contribution in [3.05, 3.63) is 29.8 Å². The molecule has 0 saturated heterocycles. The molecular weight excluding hydrogens is 374 g/mol. The minimum Gasteiger partial charge on any atom is -0.363 e. The van der Waals surface area contributed by atoms with E-state index in [2.05, 4.69) is 16.9 Å². The Morgan fingerprint density at radius 2 is 1.84 bits per heavy atom. The zero-order valence-corrected chi connectivity index (χ0v) is 17.9. The van der Waals surface area contributed by atoms with E-state index < -0.39 is 10.0 Å². The Morgan fingerprint density at radius 1 is 1.24 bits per heavy atom. The van der Waals surface area contributed by atoms with Gasteiger partial charge in [-0.25, -0.2) is 8.42 Å². The molecular formula is C17H29N3O2S3. The molecule has 8 heteroatoms. The van der Waals surface area contributed by atoms with Crippen LogP contribution in [0.15, 0.2) is 29.2 Å². The summed E-state index contributed by atoms with van der Waals surface area (Å²) in [5.41, 5.74) is 0.992. The molecule has 0 fully saturated rings. The van der Waals surface area contributed by atoms with Gasteiger partial charge >= 0.3 is 0 Å². The van der Waals surface area contributed by atoms with E-state index in [0.29, 0.717) is 23.1 Å². The number of hydrogen-bond donors (Lipinski definition) is 2. The van der Waals surface area contributed by atoms with E-state index in [0.717, 1.165) is 24.3 Å². The summed E-state index contributed by atoms with van der Waals surface area (Å²) in [4.78, 5) is 0.324. The topological polar surface area (TPSA) is 61.4 Å². The van der Waals surface area contributed by atoms with E-state index in [1.165, 1.54) is 4.31 Å². The van der Waals surface area contributed by atoms with Crippen LogP contribution in [0.1, 0.15) is 38.8 Å². The molecule has 0 saturated carbocycles. The summed E-state index contributed by atoms with van der Waals surface area (Å²) < 4.78 is 26.5. The van der Waals surface area contributed by atoms with Crippen molar-refractivity contribution in [3.63, 3.8) is 0 Å². The van der Waals surface area contributed by atoms with Crippen molar-refractivity contribution in [1.82, 2.24) is 14.9 Å². The first-order valence-electron chi connectivity index (χ1n) is 8.50. The van der Waals surface area contributed by atoms with Crippen LogP contribution in [0.5, 0.6) is 0 Å². The van der Waals surface area contributed by atoms with Crippen LogP contribution in [0.2, 0.25) is 0 Å². The minimum atomic E-state index is -3.41. The summed E-state index contributed by atoms with van der Waals surface area (Å²) in [5.74, 6) is 1.10. The SMILES string of the molecule is CCN(CC)S(=O)(=O)c1ccc([C@H](C)NC(=S)NCCCSC)cc1. The molecule has 0 bridgehead atoms. The molecule has 1 rings (SSSR count). The predicted molar refractivity (Wildman–Crippen MR) is 112 cm³/mol. The van der Waals surface area contributed by atoms with Crippen LogP contribution in [-0.2, 0) is 10.0 Å². The van der Waals surface area contributed by atoms with Gasteiger partial charge < -0.3 is 10.6 Å². The van der Waals surface area contributed by atoms with Crippen LogP contribution in [0, 0.1) is 0 Å². The normalized spacial score (nSPS) is 12.8. The number of nitrogens with zero attached hydrogens (tertiary/aromatic N) is 1. The van der Waals surface area contributed by atoms with Gasteiger partial charge in [0, 0.05) is 19.6 Å². The van der Waals surface area contributed by atoms with E-state index in [1.807, 2.05) is 44.7 Å². The molecule has 0 aliphatic rings. The van der Waals surface area contributed by atoms with Crippen molar-refractivity contribution < 1.29 is 8.42 Å². The van der Waals surface area contributed by atoms with Crippen molar-refractivity contribution >= 4 is 39.1 Å². The molecule has 0 aliphatic heterocycles. The first-order chi connectivity index (χ1) is 11.9. The van der Waals surface area contributed by atoms with Crippen LogP contribution >= 0.6 is 24.0 Å². The third kappa shape index (κ3) is 6.77. The molecule has 1 atom stereocenters. The fourth-order valence-corrected chi connectivity index (χ4v) is 4.56. The van der Waals surface area contributed by atoms with Crippen LogP contribution < -0.4 is 10.6 Å². The van der Waals surface area contributed by atoms with Gasteiger partial charge in [0.25, 0.3) is 0 Å². The average Bonchev–Trinajstić information content (AvgIpc) is 2.59. The van der Waals surface area contributed by atoms with Gasteiger partial charge in [0.15, 0.2) is 5.11 Å². The minimum absolute atomic E-state index is 0.00533. The number of rotatable bonds is 10. The fourth-order valence-electron chi connectivity index (χ4n) is 2.39. The van der Waals surface area contributed by atoms with Gasteiger partial charge in [-0.2, -0.15) is 16.1 Å². The summed E-state index contributed by atoms with van der Waals surface area (Å²) in [6.45, 7) is 7.47. The third-order valence-electron chi connectivity index (χ3n) is 3.88. The zero-order valence-electron chi connectivity index (χ0n) is 15.4. The van der Waals surface area contributed by atoms with Crippen molar-refractivity contribution in [2.24, 2.45) is 0 Å². The van der Waals surface area contributed by atoms with E-state index in [-0.39, 0.29) is 6.04 Å².